The third-order valence-corrected chi connectivity index (χ3v) is 6.77. The number of carbonyl (C=O) groups is 3. The molecule has 2 aliphatic rings. The largest absolute Gasteiger partial charge is 0.444 e. The molecular weight excluding hydrogens is 416 g/mol. The molecule has 31 heavy (non-hydrogen) atoms. The molecule has 2 fully saturated rings. The van der Waals surface area contributed by atoms with Gasteiger partial charge in [0.25, 0.3) is 5.91 Å². The quantitative estimate of drug-likeness (QED) is 0.693. The fourth-order valence-electron chi connectivity index (χ4n) is 3.52. The normalized spacial score (nSPS) is 17.2. The van der Waals surface area contributed by atoms with Crippen LogP contribution in [0.25, 0.3) is 0 Å². The van der Waals surface area contributed by atoms with Crippen molar-refractivity contribution in [2.45, 2.75) is 32.8 Å². The molecule has 0 bridgehead atoms. The summed E-state index contributed by atoms with van der Waals surface area (Å²) >= 11 is 1.36. The SMILES string of the molecule is Cc1sc(NC(=O)C2CC2)c(C(=O)OC(C(=O)N2CCOCC2)c2ccccc2)c1C. The molecule has 1 atom stereocenters. The molecular formula is C23H26N2O5S. The molecule has 8 heteroatoms. The van der Waals surface area contributed by atoms with Crippen molar-refractivity contribution >= 4 is 34.1 Å². The third-order valence-electron chi connectivity index (χ3n) is 5.65. The Hall–Kier alpha value is -2.71. The van der Waals surface area contributed by atoms with Crippen molar-refractivity contribution < 1.29 is 23.9 Å². The molecule has 0 radical (unpaired) electrons. The van der Waals surface area contributed by atoms with E-state index in [1.165, 1.54) is 11.3 Å². The third kappa shape index (κ3) is 4.80. The number of carbonyl (C=O) groups excluding carboxylic acids is 3. The van der Waals surface area contributed by atoms with E-state index in [1.807, 2.05) is 32.0 Å². The summed E-state index contributed by atoms with van der Waals surface area (Å²) in [5.41, 5.74) is 1.69. The lowest BCUT2D eigenvalue weighted by Gasteiger charge is -2.30. The first-order valence-electron chi connectivity index (χ1n) is 10.5. The number of hydrogen-bond acceptors (Lipinski definition) is 6. The van der Waals surface area contributed by atoms with Gasteiger partial charge in [0, 0.05) is 29.4 Å². The molecule has 0 spiro atoms. The molecule has 2 amide bonds. The maximum Gasteiger partial charge on any atom is 0.342 e. The molecule has 2 heterocycles. The number of nitrogens with zero attached hydrogens (tertiary/aromatic N) is 1. The number of amides is 2. The Morgan fingerprint density at radius 2 is 1.81 bits per heavy atom. The van der Waals surface area contributed by atoms with Crippen molar-refractivity contribution in [2.75, 3.05) is 31.6 Å². The van der Waals surface area contributed by atoms with Gasteiger partial charge in [-0.3, -0.25) is 9.59 Å². The van der Waals surface area contributed by atoms with E-state index in [0.717, 1.165) is 23.3 Å². The van der Waals surface area contributed by atoms with E-state index < -0.39 is 12.1 Å². The Morgan fingerprint density at radius 3 is 2.45 bits per heavy atom. The van der Waals surface area contributed by atoms with Gasteiger partial charge in [0.2, 0.25) is 12.0 Å². The second kappa shape index (κ2) is 9.20. The maximum absolute atomic E-state index is 13.3. The summed E-state index contributed by atoms with van der Waals surface area (Å²) in [6.07, 6.45) is 0.691. The van der Waals surface area contributed by atoms with Crippen LogP contribution in [0.3, 0.4) is 0 Å². The molecule has 1 aromatic heterocycles. The second-order valence-corrected chi connectivity index (χ2v) is 9.11. The van der Waals surface area contributed by atoms with Gasteiger partial charge in [0.1, 0.15) is 5.00 Å². The van der Waals surface area contributed by atoms with Crippen molar-refractivity contribution in [3.8, 4) is 0 Å². The summed E-state index contributed by atoms with van der Waals surface area (Å²) in [4.78, 5) is 41.4. The van der Waals surface area contributed by atoms with Gasteiger partial charge >= 0.3 is 5.97 Å². The number of aryl methyl sites for hydroxylation is 1. The van der Waals surface area contributed by atoms with Gasteiger partial charge in [-0.05, 0) is 32.3 Å². The number of thiophene rings is 1. The lowest BCUT2D eigenvalue weighted by atomic mass is 10.1. The maximum atomic E-state index is 13.3. The first-order valence-corrected chi connectivity index (χ1v) is 11.3. The minimum absolute atomic E-state index is 0.0200. The number of esters is 1. The van der Waals surface area contributed by atoms with Crippen molar-refractivity contribution in [1.29, 1.82) is 0 Å². The second-order valence-electron chi connectivity index (χ2n) is 7.88. The van der Waals surface area contributed by atoms with Crippen LogP contribution in [0.15, 0.2) is 30.3 Å². The predicted octanol–water partition coefficient (Wildman–Crippen LogP) is 3.47. The molecule has 7 nitrogen and oxygen atoms in total. The number of rotatable bonds is 6. The van der Waals surface area contributed by atoms with Crippen molar-refractivity contribution in [3.63, 3.8) is 0 Å². The topological polar surface area (TPSA) is 84.9 Å². The van der Waals surface area contributed by atoms with Crippen LogP contribution < -0.4 is 5.32 Å². The van der Waals surface area contributed by atoms with Crippen LogP contribution in [-0.4, -0.2) is 49.0 Å². The first kappa shape index (κ1) is 21.5. The zero-order valence-corrected chi connectivity index (χ0v) is 18.5. The van der Waals surface area contributed by atoms with Crippen molar-refractivity contribution in [2.24, 2.45) is 5.92 Å². The number of hydrogen-bond donors (Lipinski definition) is 1. The number of morpholine rings is 1. The summed E-state index contributed by atoms with van der Waals surface area (Å²) in [5, 5.41) is 3.38. The fourth-order valence-corrected chi connectivity index (χ4v) is 4.58. The van der Waals surface area contributed by atoms with Crippen LogP contribution in [0, 0.1) is 19.8 Å². The molecule has 164 valence electrons. The van der Waals surface area contributed by atoms with Crippen LogP contribution in [-0.2, 0) is 19.1 Å². The van der Waals surface area contributed by atoms with Crippen molar-refractivity contribution in [1.82, 2.24) is 4.90 Å². The lowest BCUT2D eigenvalue weighted by Crippen LogP contribution is -2.44. The van der Waals surface area contributed by atoms with Crippen LogP contribution in [0.1, 0.15) is 45.3 Å². The Kier molecular flexibility index (Phi) is 6.38. The summed E-state index contributed by atoms with van der Waals surface area (Å²) in [7, 11) is 0. The summed E-state index contributed by atoms with van der Waals surface area (Å²) < 4.78 is 11.2. The number of nitrogens with one attached hydrogen (secondary N) is 1. The van der Waals surface area contributed by atoms with E-state index >= 15 is 0 Å². The van der Waals surface area contributed by atoms with Crippen molar-refractivity contribution in [3.05, 3.63) is 51.9 Å². The van der Waals surface area contributed by atoms with Gasteiger partial charge < -0.3 is 19.7 Å². The highest BCUT2D eigenvalue weighted by atomic mass is 32.1. The summed E-state index contributed by atoms with van der Waals surface area (Å²) in [6, 6.07) is 9.02. The van der Waals surface area contributed by atoms with E-state index in [9.17, 15) is 14.4 Å². The highest BCUT2D eigenvalue weighted by Crippen LogP contribution is 2.37. The zero-order chi connectivity index (χ0) is 22.0. The zero-order valence-electron chi connectivity index (χ0n) is 17.7. The van der Waals surface area contributed by atoms with E-state index in [2.05, 4.69) is 5.32 Å². The van der Waals surface area contributed by atoms with Gasteiger partial charge in [0.05, 0.1) is 18.8 Å². The number of ether oxygens (including phenoxy) is 2. The molecule has 1 aliphatic carbocycles. The molecule has 4 rings (SSSR count). The van der Waals surface area contributed by atoms with E-state index in [1.54, 1.807) is 17.0 Å². The molecule has 1 saturated heterocycles. The van der Waals surface area contributed by atoms with Crippen LogP contribution in [0.5, 0.6) is 0 Å². The minimum Gasteiger partial charge on any atom is -0.444 e. The molecule has 1 aliphatic heterocycles. The first-order chi connectivity index (χ1) is 15.0. The standard InChI is InChI=1S/C23H26N2O5S/c1-14-15(2)31-21(24-20(26)17-8-9-17)18(14)23(28)30-19(16-6-4-3-5-7-16)22(27)25-10-12-29-13-11-25/h3-7,17,19H,8-13H2,1-2H3,(H,24,26). The molecule has 1 unspecified atom stereocenters. The molecule has 1 saturated carbocycles. The number of benzene rings is 1. The number of anilines is 1. The predicted molar refractivity (Wildman–Crippen MR) is 117 cm³/mol. The average molecular weight is 443 g/mol. The Balaban J connectivity index is 1.60. The van der Waals surface area contributed by atoms with Gasteiger partial charge in [0.15, 0.2) is 0 Å². The smallest absolute Gasteiger partial charge is 0.342 e. The minimum atomic E-state index is -1.06. The molecule has 2 aromatic rings. The monoisotopic (exact) mass is 442 g/mol. The van der Waals surface area contributed by atoms with E-state index in [0.29, 0.717) is 42.4 Å². The van der Waals surface area contributed by atoms with E-state index in [-0.39, 0.29) is 17.7 Å². The van der Waals surface area contributed by atoms with E-state index in [4.69, 9.17) is 9.47 Å². The van der Waals surface area contributed by atoms with Crippen LogP contribution in [0.4, 0.5) is 5.00 Å². The Morgan fingerprint density at radius 1 is 1.13 bits per heavy atom. The Labute approximate surface area is 185 Å². The Bertz CT molecular complexity index is 977. The average Bonchev–Trinajstić information content (AvgIpc) is 3.60. The van der Waals surface area contributed by atoms with Crippen LogP contribution in [0.2, 0.25) is 0 Å². The molecule has 1 N–H and O–H groups in total. The van der Waals surface area contributed by atoms with Crippen LogP contribution >= 0.6 is 11.3 Å². The highest BCUT2D eigenvalue weighted by Gasteiger charge is 2.34. The fraction of sp³-hybridized carbons (Fsp3) is 0.435. The van der Waals surface area contributed by atoms with Gasteiger partial charge in [-0.2, -0.15) is 0 Å². The summed E-state index contributed by atoms with van der Waals surface area (Å²) in [6.45, 7) is 5.56. The van der Waals surface area contributed by atoms with Gasteiger partial charge in [-0.25, -0.2) is 4.79 Å². The van der Waals surface area contributed by atoms with Gasteiger partial charge in [-0.15, -0.1) is 11.3 Å². The summed E-state index contributed by atoms with van der Waals surface area (Å²) in [5.74, 6) is -0.926. The highest BCUT2D eigenvalue weighted by molar-refractivity contribution is 7.16. The van der Waals surface area contributed by atoms with Gasteiger partial charge in [-0.1, -0.05) is 30.3 Å². The molecule has 1 aromatic carbocycles. The lowest BCUT2D eigenvalue weighted by molar-refractivity contribution is -0.145.